The first-order chi connectivity index (χ1) is 17.1. The van der Waals surface area contributed by atoms with Gasteiger partial charge in [-0.1, -0.05) is 54.2 Å². The van der Waals surface area contributed by atoms with Crippen LogP contribution in [0.2, 0.25) is 0 Å². The molecule has 7 nitrogen and oxygen atoms in total. The molecule has 0 saturated heterocycles. The fraction of sp³-hybridized carbons (Fsp3) is 0.154. The van der Waals surface area contributed by atoms with E-state index in [1.54, 1.807) is 43.0 Å². The van der Waals surface area contributed by atoms with Crippen LogP contribution in [0.4, 0.5) is 5.69 Å². The molecule has 178 valence electrons. The van der Waals surface area contributed by atoms with E-state index in [-0.39, 0.29) is 11.7 Å². The molecule has 35 heavy (non-hydrogen) atoms. The van der Waals surface area contributed by atoms with Crippen LogP contribution >= 0.6 is 23.5 Å². The summed E-state index contributed by atoms with van der Waals surface area (Å²) in [5, 5.41) is 12.2. The maximum atomic E-state index is 12.6. The van der Waals surface area contributed by atoms with Crippen LogP contribution in [0.1, 0.15) is 23.1 Å². The predicted molar refractivity (Wildman–Crippen MR) is 139 cm³/mol. The number of hydrogen-bond donors (Lipinski definition) is 1. The standard InChI is InChI=1S/C26H24N4O3S2/c1-2-33-25(32)19-10-9-11-20(16-19)27-24(31)18-35-26-29-28-23(17-34-22-14-7-4-8-15-22)30(26)21-12-5-3-6-13-21/h3-16H,2,17-18H2,1H3,(H,27,31). The zero-order chi connectivity index (χ0) is 24.5. The van der Waals surface area contributed by atoms with Crippen LogP contribution in [0.15, 0.2) is 95.0 Å². The molecule has 0 bridgehead atoms. The van der Waals surface area contributed by atoms with Crippen LogP contribution < -0.4 is 5.32 Å². The Labute approximate surface area is 212 Å². The minimum absolute atomic E-state index is 0.139. The number of anilines is 1. The van der Waals surface area contributed by atoms with Crippen molar-refractivity contribution in [1.82, 2.24) is 14.8 Å². The molecular formula is C26H24N4O3S2. The summed E-state index contributed by atoms with van der Waals surface area (Å²) in [6.07, 6.45) is 0. The van der Waals surface area contributed by atoms with E-state index in [9.17, 15) is 9.59 Å². The molecule has 0 fully saturated rings. The third-order valence-corrected chi connectivity index (χ3v) is 6.75. The largest absolute Gasteiger partial charge is 0.462 e. The van der Waals surface area contributed by atoms with Gasteiger partial charge in [0.1, 0.15) is 5.82 Å². The molecule has 4 rings (SSSR count). The summed E-state index contributed by atoms with van der Waals surface area (Å²) in [5.41, 5.74) is 1.86. The molecule has 3 aromatic carbocycles. The molecule has 0 aliphatic rings. The summed E-state index contributed by atoms with van der Waals surface area (Å²) >= 11 is 2.99. The molecule has 0 atom stereocenters. The van der Waals surface area contributed by atoms with Crippen molar-refractivity contribution in [2.75, 3.05) is 17.7 Å². The normalized spacial score (nSPS) is 10.7. The summed E-state index contributed by atoms with van der Waals surface area (Å²) in [6, 6.07) is 26.7. The molecule has 1 aromatic heterocycles. The third kappa shape index (κ3) is 6.74. The fourth-order valence-electron chi connectivity index (χ4n) is 3.25. The van der Waals surface area contributed by atoms with Gasteiger partial charge in [-0.3, -0.25) is 9.36 Å². The van der Waals surface area contributed by atoms with E-state index in [0.29, 0.717) is 28.8 Å². The highest BCUT2D eigenvalue weighted by molar-refractivity contribution is 7.99. The minimum Gasteiger partial charge on any atom is -0.462 e. The number of hydrogen-bond acceptors (Lipinski definition) is 7. The van der Waals surface area contributed by atoms with Gasteiger partial charge in [0, 0.05) is 16.3 Å². The van der Waals surface area contributed by atoms with Crippen LogP contribution in [-0.4, -0.2) is 39.0 Å². The van der Waals surface area contributed by atoms with Crippen molar-refractivity contribution in [3.8, 4) is 5.69 Å². The lowest BCUT2D eigenvalue weighted by Gasteiger charge is -2.10. The number of amides is 1. The van der Waals surface area contributed by atoms with Gasteiger partial charge in [-0.05, 0) is 49.4 Å². The second kappa shape index (κ2) is 12.2. The molecule has 0 saturated carbocycles. The van der Waals surface area contributed by atoms with Crippen molar-refractivity contribution >= 4 is 41.1 Å². The van der Waals surface area contributed by atoms with Crippen molar-refractivity contribution in [2.24, 2.45) is 0 Å². The predicted octanol–water partition coefficient (Wildman–Crippen LogP) is 5.47. The van der Waals surface area contributed by atoms with Crippen molar-refractivity contribution < 1.29 is 14.3 Å². The number of nitrogens with zero attached hydrogens (tertiary/aromatic N) is 3. The Hall–Kier alpha value is -3.56. The first kappa shape index (κ1) is 24.6. The highest BCUT2D eigenvalue weighted by Gasteiger charge is 2.16. The maximum absolute atomic E-state index is 12.6. The average Bonchev–Trinajstić information content (AvgIpc) is 3.30. The Kier molecular flexibility index (Phi) is 8.58. The van der Waals surface area contributed by atoms with E-state index in [1.807, 2.05) is 53.1 Å². The van der Waals surface area contributed by atoms with Crippen LogP contribution in [0.3, 0.4) is 0 Å². The molecule has 1 amide bonds. The van der Waals surface area contributed by atoms with Crippen LogP contribution in [0.5, 0.6) is 0 Å². The molecule has 4 aromatic rings. The zero-order valence-electron chi connectivity index (χ0n) is 19.1. The quantitative estimate of drug-likeness (QED) is 0.226. The summed E-state index contributed by atoms with van der Waals surface area (Å²) in [7, 11) is 0. The Morgan fingerprint density at radius 3 is 2.40 bits per heavy atom. The van der Waals surface area contributed by atoms with E-state index in [4.69, 9.17) is 4.74 Å². The van der Waals surface area contributed by atoms with Crippen molar-refractivity contribution in [3.05, 3.63) is 96.3 Å². The molecule has 1 heterocycles. The fourth-order valence-corrected chi connectivity index (χ4v) is 4.86. The van der Waals surface area contributed by atoms with Crippen molar-refractivity contribution in [1.29, 1.82) is 0 Å². The summed E-state index contributed by atoms with van der Waals surface area (Å²) in [4.78, 5) is 25.7. The Morgan fingerprint density at radius 2 is 1.66 bits per heavy atom. The number of rotatable bonds is 10. The van der Waals surface area contributed by atoms with Gasteiger partial charge in [0.05, 0.1) is 23.7 Å². The number of nitrogens with one attached hydrogen (secondary N) is 1. The lowest BCUT2D eigenvalue weighted by molar-refractivity contribution is -0.113. The van der Waals surface area contributed by atoms with Gasteiger partial charge < -0.3 is 10.1 Å². The number of carbonyl (C=O) groups is 2. The molecule has 0 aliphatic carbocycles. The van der Waals surface area contributed by atoms with Crippen LogP contribution in [0, 0.1) is 0 Å². The van der Waals surface area contributed by atoms with E-state index in [1.165, 1.54) is 11.8 Å². The van der Waals surface area contributed by atoms with Gasteiger partial charge in [-0.15, -0.1) is 22.0 Å². The smallest absolute Gasteiger partial charge is 0.338 e. The second-order valence-electron chi connectivity index (χ2n) is 7.31. The van der Waals surface area contributed by atoms with E-state index >= 15 is 0 Å². The SMILES string of the molecule is CCOC(=O)c1cccc(NC(=O)CSc2nnc(CSc3ccccc3)n2-c2ccccc2)c1. The van der Waals surface area contributed by atoms with Crippen LogP contribution in [0.25, 0.3) is 5.69 Å². The molecule has 9 heteroatoms. The monoisotopic (exact) mass is 504 g/mol. The summed E-state index contributed by atoms with van der Waals surface area (Å²) in [6.45, 7) is 2.04. The lowest BCUT2D eigenvalue weighted by Crippen LogP contribution is -2.15. The highest BCUT2D eigenvalue weighted by atomic mass is 32.2. The summed E-state index contributed by atoms with van der Waals surface area (Å²) < 4.78 is 7.00. The van der Waals surface area contributed by atoms with Gasteiger partial charge in [0.2, 0.25) is 5.91 Å². The molecule has 0 aliphatic heterocycles. The van der Waals surface area contributed by atoms with Gasteiger partial charge in [-0.2, -0.15) is 0 Å². The van der Waals surface area contributed by atoms with Gasteiger partial charge in [-0.25, -0.2) is 4.79 Å². The van der Waals surface area contributed by atoms with Crippen molar-refractivity contribution in [2.45, 2.75) is 22.7 Å². The third-order valence-electron chi connectivity index (χ3n) is 4.82. The maximum Gasteiger partial charge on any atom is 0.338 e. The lowest BCUT2D eigenvalue weighted by atomic mass is 10.2. The van der Waals surface area contributed by atoms with Gasteiger partial charge in [0.25, 0.3) is 0 Å². The van der Waals surface area contributed by atoms with E-state index in [2.05, 4.69) is 27.6 Å². The first-order valence-corrected chi connectivity index (χ1v) is 13.0. The number of aromatic nitrogens is 3. The Bertz CT molecular complexity index is 1280. The van der Waals surface area contributed by atoms with Crippen molar-refractivity contribution in [3.63, 3.8) is 0 Å². The highest BCUT2D eigenvalue weighted by Crippen LogP contribution is 2.27. The Balaban J connectivity index is 1.45. The number of benzene rings is 3. The van der Waals surface area contributed by atoms with Gasteiger partial charge in [0.15, 0.2) is 5.16 Å². The number of para-hydroxylation sites is 1. The number of carbonyl (C=O) groups excluding carboxylic acids is 2. The summed E-state index contributed by atoms with van der Waals surface area (Å²) in [5.74, 6) is 0.948. The topological polar surface area (TPSA) is 86.1 Å². The number of thioether (sulfide) groups is 2. The number of esters is 1. The molecule has 0 unspecified atom stereocenters. The number of ether oxygens (including phenoxy) is 1. The first-order valence-electron chi connectivity index (χ1n) is 11.0. The zero-order valence-corrected chi connectivity index (χ0v) is 20.7. The Morgan fingerprint density at radius 1 is 0.914 bits per heavy atom. The molecule has 0 radical (unpaired) electrons. The van der Waals surface area contributed by atoms with Crippen LogP contribution in [-0.2, 0) is 15.3 Å². The van der Waals surface area contributed by atoms with E-state index in [0.717, 1.165) is 16.4 Å². The van der Waals surface area contributed by atoms with E-state index < -0.39 is 5.97 Å². The molecule has 1 N–H and O–H groups in total. The average molecular weight is 505 g/mol. The van der Waals surface area contributed by atoms with Gasteiger partial charge >= 0.3 is 5.97 Å². The molecular weight excluding hydrogens is 480 g/mol. The second-order valence-corrected chi connectivity index (χ2v) is 9.30. The molecule has 0 spiro atoms. The minimum atomic E-state index is -0.421.